The van der Waals surface area contributed by atoms with Crippen molar-refractivity contribution >= 4 is 28.9 Å². The minimum Gasteiger partial charge on any atom is -0.493 e. The van der Waals surface area contributed by atoms with E-state index < -0.39 is 0 Å². The predicted octanol–water partition coefficient (Wildman–Crippen LogP) is 2.97. The number of benzene rings is 2. The van der Waals surface area contributed by atoms with Gasteiger partial charge in [0.05, 0.1) is 33.1 Å². The Kier molecular flexibility index (Phi) is 6.26. The Morgan fingerprint density at radius 2 is 1.70 bits per heavy atom. The van der Waals surface area contributed by atoms with E-state index in [0.717, 1.165) is 0 Å². The molecule has 0 aromatic heterocycles. The Morgan fingerprint density at radius 1 is 1.04 bits per heavy atom. The van der Waals surface area contributed by atoms with Crippen LogP contribution in [0.1, 0.15) is 10.4 Å². The lowest BCUT2D eigenvalue weighted by Gasteiger charge is -2.34. The smallest absolute Gasteiger partial charge is 0.264 e. The second kappa shape index (κ2) is 8.83. The molecule has 2 aromatic carbocycles. The van der Waals surface area contributed by atoms with Gasteiger partial charge in [-0.3, -0.25) is 9.69 Å². The van der Waals surface area contributed by atoms with E-state index in [9.17, 15) is 4.79 Å². The van der Waals surface area contributed by atoms with Crippen molar-refractivity contribution in [1.82, 2.24) is 4.90 Å². The van der Waals surface area contributed by atoms with Gasteiger partial charge >= 0.3 is 0 Å². The second-order valence-corrected chi connectivity index (χ2v) is 6.29. The van der Waals surface area contributed by atoms with E-state index in [1.807, 2.05) is 35.2 Å². The fourth-order valence-electron chi connectivity index (χ4n) is 2.89. The lowest BCUT2D eigenvalue weighted by molar-refractivity contribution is 0.0678. The van der Waals surface area contributed by atoms with Crippen LogP contribution < -0.4 is 14.4 Å². The fraction of sp³-hybridized carbons (Fsp3) is 0.300. The number of ether oxygens (including phenoxy) is 3. The van der Waals surface area contributed by atoms with Gasteiger partial charge in [0.1, 0.15) is 0 Å². The SMILES string of the molecule is COc1ccc(C(=O)N(C(=S)N2CCOCC2)c2ccccc2)cc1OC. The van der Waals surface area contributed by atoms with Crippen LogP contribution >= 0.6 is 12.2 Å². The van der Waals surface area contributed by atoms with Gasteiger partial charge in [0, 0.05) is 18.7 Å². The molecule has 3 rings (SSSR count). The van der Waals surface area contributed by atoms with Gasteiger partial charge in [-0.1, -0.05) is 18.2 Å². The molecule has 1 aliphatic heterocycles. The Bertz CT molecular complexity index is 807. The molecule has 1 amide bonds. The summed E-state index contributed by atoms with van der Waals surface area (Å²) in [5, 5.41) is 0.462. The van der Waals surface area contributed by atoms with Crippen LogP contribution in [0.25, 0.3) is 0 Å². The molecule has 0 spiro atoms. The topological polar surface area (TPSA) is 51.2 Å². The van der Waals surface area contributed by atoms with Crippen LogP contribution in [0.5, 0.6) is 11.5 Å². The number of carbonyl (C=O) groups is 1. The van der Waals surface area contributed by atoms with Gasteiger partial charge in [0.25, 0.3) is 5.91 Å². The van der Waals surface area contributed by atoms with E-state index in [1.54, 1.807) is 37.3 Å². The van der Waals surface area contributed by atoms with Crippen LogP contribution in [0.3, 0.4) is 0 Å². The molecule has 6 nitrogen and oxygen atoms in total. The number of amides is 1. The molecule has 1 heterocycles. The van der Waals surface area contributed by atoms with Crippen molar-refractivity contribution in [2.75, 3.05) is 45.4 Å². The monoisotopic (exact) mass is 386 g/mol. The van der Waals surface area contributed by atoms with Crippen molar-refractivity contribution in [2.24, 2.45) is 0 Å². The molecule has 0 aliphatic carbocycles. The van der Waals surface area contributed by atoms with Crippen molar-refractivity contribution in [3.63, 3.8) is 0 Å². The second-order valence-electron chi connectivity index (χ2n) is 5.93. The highest BCUT2D eigenvalue weighted by molar-refractivity contribution is 7.80. The molecular formula is C20H22N2O4S. The molecule has 0 saturated carbocycles. The number of carbonyl (C=O) groups excluding carboxylic acids is 1. The van der Waals surface area contributed by atoms with Crippen LogP contribution in [0, 0.1) is 0 Å². The average molecular weight is 386 g/mol. The number of thiocarbonyl (C=S) groups is 1. The molecule has 142 valence electrons. The van der Waals surface area contributed by atoms with Gasteiger partial charge in [-0.05, 0) is 42.5 Å². The lowest BCUT2D eigenvalue weighted by atomic mass is 10.1. The minimum atomic E-state index is -0.223. The van der Waals surface area contributed by atoms with Crippen molar-refractivity contribution in [2.45, 2.75) is 0 Å². The minimum absolute atomic E-state index is 0.223. The number of hydrogen-bond donors (Lipinski definition) is 0. The van der Waals surface area contributed by atoms with E-state index in [-0.39, 0.29) is 5.91 Å². The number of morpholine rings is 1. The number of rotatable bonds is 4. The van der Waals surface area contributed by atoms with Crippen molar-refractivity contribution in [3.05, 3.63) is 54.1 Å². The number of anilines is 1. The summed E-state index contributed by atoms with van der Waals surface area (Å²) in [4.78, 5) is 16.9. The van der Waals surface area contributed by atoms with E-state index in [4.69, 9.17) is 26.4 Å². The molecule has 0 N–H and O–H groups in total. The molecule has 0 unspecified atom stereocenters. The van der Waals surface area contributed by atoms with Gasteiger partial charge < -0.3 is 19.1 Å². The number of hydrogen-bond acceptors (Lipinski definition) is 5. The summed E-state index contributed by atoms with van der Waals surface area (Å²) in [6, 6.07) is 14.5. The highest BCUT2D eigenvalue weighted by atomic mass is 32.1. The van der Waals surface area contributed by atoms with E-state index in [1.165, 1.54) is 0 Å². The number of nitrogens with zero attached hydrogens (tertiary/aromatic N) is 2. The number of methoxy groups -OCH3 is 2. The van der Waals surface area contributed by atoms with Crippen LogP contribution in [-0.4, -0.2) is 56.4 Å². The largest absolute Gasteiger partial charge is 0.493 e. The van der Waals surface area contributed by atoms with Gasteiger partial charge in [0.2, 0.25) is 0 Å². The average Bonchev–Trinajstić information content (AvgIpc) is 2.74. The van der Waals surface area contributed by atoms with E-state index >= 15 is 0 Å². The lowest BCUT2D eigenvalue weighted by Crippen LogP contribution is -2.50. The third kappa shape index (κ3) is 4.20. The molecule has 2 aromatic rings. The van der Waals surface area contributed by atoms with Gasteiger partial charge in [0.15, 0.2) is 16.6 Å². The fourth-order valence-corrected chi connectivity index (χ4v) is 3.26. The van der Waals surface area contributed by atoms with Gasteiger partial charge in [-0.2, -0.15) is 0 Å². The first-order valence-electron chi connectivity index (χ1n) is 8.64. The standard InChI is InChI=1S/C20H22N2O4S/c1-24-17-9-8-15(14-18(17)25-2)19(23)22(16-6-4-3-5-7-16)20(27)21-10-12-26-13-11-21/h3-9,14H,10-13H2,1-2H3. The summed E-state index contributed by atoms with van der Waals surface area (Å²) in [6.07, 6.45) is 0. The first-order valence-corrected chi connectivity index (χ1v) is 9.04. The zero-order valence-electron chi connectivity index (χ0n) is 15.4. The summed E-state index contributed by atoms with van der Waals surface area (Å²) in [5.74, 6) is 0.836. The first-order chi connectivity index (χ1) is 13.2. The Balaban J connectivity index is 1.97. The normalized spacial score (nSPS) is 13.8. The first kappa shape index (κ1) is 19.1. The number of para-hydroxylation sites is 1. The van der Waals surface area contributed by atoms with Crippen LogP contribution in [0.15, 0.2) is 48.5 Å². The maximum Gasteiger partial charge on any atom is 0.264 e. The Labute approximate surface area is 164 Å². The highest BCUT2D eigenvalue weighted by Gasteiger charge is 2.27. The molecule has 0 bridgehead atoms. The molecule has 7 heteroatoms. The molecule has 0 radical (unpaired) electrons. The highest BCUT2D eigenvalue weighted by Crippen LogP contribution is 2.29. The zero-order chi connectivity index (χ0) is 19.2. The summed E-state index contributed by atoms with van der Waals surface area (Å²) in [7, 11) is 3.10. The Hall–Kier alpha value is -2.64. The molecule has 1 aliphatic rings. The van der Waals surface area contributed by atoms with E-state index in [0.29, 0.717) is 54.2 Å². The molecule has 1 saturated heterocycles. The summed E-state index contributed by atoms with van der Waals surface area (Å²) >= 11 is 5.68. The van der Waals surface area contributed by atoms with Gasteiger partial charge in [-0.25, -0.2) is 0 Å². The third-order valence-electron chi connectivity index (χ3n) is 4.32. The van der Waals surface area contributed by atoms with Gasteiger partial charge in [-0.15, -0.1) is 0 Å². The van der Waals surface area contributed by atoms with Crippen LogP contribution in [0.4, 0.5) is 5.69 Å². The predicted molar refractivity (Wildman–Crippen MR) is 108 cm³/mol. The molecular weight excluding hydrogens is 364 g/mol. The zero-order valence-corrected chi connectivity index (χ0v) is 16.2. The van der Waals surface area contributed by atoms with Crippen molar-refractivity contribution in [1.29, 1.82) is 0 Å². The molecule has 1 fully saturated rings. The Morgan fingerprint density at radius 3 is 2.33 bits per heavy atom. The summed E-state index contributed by atoms with van der Waals surface area (Å²) in [5.41, 5.74) is 1.18. The summed E-state index contributed by atoms with van der Waals surface area (Å²) in [6.45, 7) is 2.49. The van der Waals surface area contributed by atoms with E-state index in [2.05, 4.69) is 0 Å². The summed E-state index contributed by atoms with van der Waals surface area (Å²) < 4.78 is 16.0. The van der Waals surface area contributed by atoms with Crippen LogP contribution in [0.2, 0.25) is 0 Å². The maximum atomic E-state index is 13.4. The third-order valence-corrected chi connectivity index (χ3v) is 4.76. The van der Waals surface area contributed by atoms with Crippen molar-refractivity contribution in [3.8, 4) is 11.5 Å². The van der Waals surface area contributed by atoms with Crippen molar-refractivity contribution < 1.29 is 19.0 Å². The van der Waals surface area contributed by atoms with Crippen LogP contribution in [-0.2, 0) is 4.74 Å². The molecule has 0 atom stereocenters. The molecule has 27 heavy (non-hydrogen) atoms. The maximum absolute atomic E-state index is 13.4. The quantitative estimate of drug-likeness (QED) is 0.753.